The van der Waals surface area contributed by atoms with Crippen molar-refractivity contribution in [3.8, 4) is 0 Å². The van der Waals surface area contributed by atoms with Gasteiger partial charge >= 0.3 is 0 Å². The number of anilines is 2. The molecular weight excluding hydrogens is 400 g/mol. The number of carbonyl (C=O) groups excluding carboxylic acids is 2. The Morgan fingerprint density at radius 1 is 1.08 bits per heavy atom. The number of nitrogens with one attached hydrogen (secondary N) is 2. The van der Waals surface area contributed by atoms with Gasteiger partial charge in [0.05, 0.1) is 12.2 Å². The average Bonchev–Trinajstić information content (AvgIpc) is 3.29. The highest BCUT2D eigenvalue weighted by Gasteiger charge is 2.12. The first kappa shape index (κ1) is 17.9. The number of hydrogen-bond acceptors (Lipinski definition) is 10. The molecule has 0 aliphatic heterocycles. The Morgan fingerprint density at radius 3 is 2.56 bits per heavy atom. The average molecular weight is 413 g/mol. The van der Waals surface area contributed by atoms with Gasteiger partial charge in [0.1, 0.15) is 5.01 Å². The third kappa shape index (κ3) is 5.56. The predicted molar refractivity (Wildman–Crippen MR) is 101 cm³/mol. The predicted octanol–water partition coefficient (Wildman–Crippen LogP) is 2.67. The molecule has 0 bridgehead atoms. The van der Waals surface area contributed by atoms with Gasteiger partial charge in [0.15, 0.2) is 4.34 Å². The summed E-state index contributed by atoms with van der Waals surface area (Å²) >= 11 is 5.33. The molecule has 2 N–H and O–H groups in total. The number of nitrogens with zero attached hydrogens (tertiary/aromatic N) is 4. The molecule has 3 heterocycles. The normalized spacial score (nSPS) is 10.6. The number of rotatable bonds is 7. The first-order valence-electron chi connectivity index (χ1n) is 6.97. The second kappa shape index (κ2) is 8.47. The van der Waals surface area contributed by atoms with Crippen LogP contribution in [-0.4, -0.2) is 38.0 Å². The Bertz CT molecular complexity index is 860. The first-order chi connectivity index (χ1) is 12.1. The second-order valence-electron chi connectivity index (χ2n) is 4.64. The van der Waals surface area contributed by atoms with Crippen LogP contribution in [0.1, 0.15) is 9.88 Å². The molecule has 12 heteroatoms. The third-order valence-corrected chi connectivity index (χ3v) is 6.27. The number of aromatic nitrogens is 4. The summed E-state index contributed by atoms with van der Waals surface area (Å²) < 4.78 is 0.606. The lowest BCUT2D eigenvalue weighted by molar-refractivity contribution is -0.115. The van der Waals surface area contributed by atoms with Crippen molar-refractivity contribution in [3.05, 3.63) is 27.4 Å². The lowest BCUT2D eigenvalue weighted by atomic mass is 10.3. The van der Waals surface area contributed by atoms with Gasteiger partial charge in [-0.15, -0.1) is 31.7 Å². The van der Waals surface area contributed by atoms with Gasteiger partial charge < -0.3 is 5.32 Å². The monoisotopic (exact) mass is 412 g/mol. The maximum absolute atomic E-state index is 11.9. The Balaban J connectivity index is 1.45. The number of hydrogen-bond donors (Lipinski definition) is 2. The van der Waals surface area contributed by atoms with Crippen LogP contribution in [0.15, 0.2) is 21.9 Å². The van der Waals surface area contributed by atoms with Gasteiger partial charge in [0.2, 0.25) is 22.1 Å². The molecule has 0 saturated heterocycles. The van der Waals surface area contributed by atoms with Crippen LogP contribution in [0.5, 0.6) is 0 Å². The fourth-order valence-electron chi connectivity index (χ4n) is 1.68. The number of aryl methyl sites for hydroxylation is 1. The minimum Gasteiger partial charge on any atom is -0.300 e. The highest BCUT2D eigenvalue weighted by molar-refractivity contribution is 8.01. The fourth-order valence-corrected chi connectivity index (χ4v) is 4.56. The molecule has 0 spiro atoms. The zero-order valence-electron chi connectivity index (χ0n) is 12.9. The lowest BCUT2D eigenvalue weighted by Gasteiger charge is -1.99. The van der Waals surface area contributed by atoms with Crippen molar-refractivity contribution in [1.82, 2.24) is 20.4 Å². The van der Waals surface area contributed by atoms with E-state index in [1.165, 1.54) is 45.8 Å². The number of carbonyl (C=O) groups is 2. The number of amides is 2. The van der Waals surface area contributed by atoms with Crippen LogP contribution in [0.2, 0.25) is 0 Å². The van der Waals surface area contributed by atoms with Gasteiger partial charge in [-0.3, -0.25) is 14.9 Å². The van der Waals surface area contributed by atoms with E-state index < -0.39 is 0 Å². The largest absolute Gasteiger partial charge is 0.300 e. The molecule has 3 aromatic heterocycles. The Labute approximate surface area is 159 Å². The first-order valence-corrected chi connectivity index (χ1v) is 10.5. The Kier molecular flexibility index (Phi) is 6.07. The zero-order valence-corrected chi connectivity index (χ0v) is 16.2. The lowest BCUT2D eigenvalue weighted by Crippen LogP contribution is -2.13. The van der Waals surface area contributed by atoms with Crippen molar-refractivity contribution in [2.45, 2.75) is 17.7 Å². The zero-order chi connectivity index (χ0) is 17.6. The summed E-state index contributed by atoms with van der Waals surface area (Å²) in [5.41, 5.74) is 0. The summed E-state index contributed by atoms with van der Waals surface area (Å²) in [5.74, 6) is -0.157. The van der Waals surface area contributed by atoms with Crippen LogP contribution in [0.25, 0.3) is 0 Å². The molecule has 0 aromatic carbocycles. The molecule has 25 heavy (non-hydrogen) atoms. The molecule has 0 aliphatic rings. The van der Waals surface area contributed by atoms with E-state index in [-0.39, 0.29) is 17.6 Å². The highest BCUT2D eigenvalue weighted by Crippen LogP contribution is 2.26. The van der Waals surface area contributed by atoms with E-state index in [9.17, 15) is 9.59 Å². The summed E-state index contributed by atoms with van der Waals surface area (Å²) in [6.45, 7) is 1.82. The highest BCUT2D eigenvalue weighted by atomic mass is 32.2. The number of thioether (sulfide) groups is 1. The molecule has 130 valence electrons. The van der Waals surface area contributed by atoms with Crippen LogP contribution < -0.4 is 10.6 Å². The molecule has 8 nitrogen and oxygen atoms in total. The van der Waals surface area contributed by atoms with Crippen molar-refractivity contribution in [2.75, 3.05) is 16.4 Å². The topological polar surface area (TPSA) is 110 Å². The van der Waals surface area contributed by atoms with Crippen molar-refractivity contribution < 1.29 is 9.59 Å². The van der Waals surface area contributed by atoms with Crippen molar-refractivity contribution >= 4 is 67.8 Å². The van der Waals surface area contributed by atoms with E-state index in [0.717, 1.165) is 9.88 Å². The maximum Gasteiger partial charge on any atom is 0.236 e. The molecule has 0 radical (unpaired) electrons. The molecule has 2 amide bonds. The van der Waals surface area contributed by atoms with Crippen LogP contribution >= 0.6 is 45.8 Å². The minimum absolute atomic E-state index is 0.139. The quantitative estimate of drug-likeness (QED) is 0.453. The summed E-state index contributed by atoms with van der Waals surface area (Å²) in [5, 5.41) is 24.5. The third-order valence-electron chi connectivity index (χ3n) is 2.67. The van der Waals surface area contributed by atoms with Crippen LogP contribution in [0, 0.1) is 6.92 Å². The van der Waals surface area contributed by atoms with E-state index in [1.54, 1.807) is 0 Å². The summed E-state index contributed by atoms with van der Waals surface area (Å²) in [4.78, 5) is 24.8. The van der Waals surface area contributed by atoms with E-state index in [1.807, 2.05) is 24.4 Å². The molecule has 0 aliphatic carbocycles. The molecular formula is C13H12N6O2S4. The van der Waals surface area contributed by atoms with Gasteiger partial charge in [0, 0.05) is 4.88 Å². The van der Waals surface area contributed by atoms with Gasteiger partial charge in [-0.2, -0.15) is 0 Å². The smallest absolute Gasteiger partial charge is 0.236 e. The summed E-state index contributed by atoms with van der Waals surface area (Å²) in [6.07, 6.45) is 0.309. The van der Waals surface area contributed by atoms with Gasteiger partial charge in [-0.1, -0.05) is 40.5 Å². The van der Waals surface area contributed by atoms with Crippen molar-refractivity contribution in [1.29, 1.82) is 0 Å². The fraction of sp³-hybridized carbons (Fsp3) is 0.231. The molecule has 0 saturated carbocycles. The van der Waals surface area contributed by atoms with Gasteiger partial charge in [0.25, 0.3) is 0 Å². The Morgan fingerprint density at radius 2 is 1.84 bits per heavy atom. The van der Waals surface area contributed by atoms with E-state index in [4.69, 9.17) is 0 Å². The van der Waals surface area contributed by atoms with Crippen molar-refractivity contribution in [3.63, 3.8) is 0 Å². The molecule has 0 unspecified atom stereocenters. The van der Waals surface area contributed by atoms with Crippen LogP contribution in [-0.2, 0) is 16.0 Å². The number of thiophene rings is 1. The van der Waals surface area contributed by atoms with Crippen LogP contribution in [0.4, 0.5) is 10.3 Å². The summed E-state index contributed by atoms with van der Waals surface area (Å²) in [7, 11) is 0. The second-order valence-corrected chi connectivity index (χ2v) is 9.05. The molecule has 0 fully saturated rings. The molecule has 3 aromatic rings. The van der Waals surface area contributed by atoms with Crippen molar-refractivity contribution in [2.24, 2.45) is 0 Å². The Hall–Kier alpha value is -1.89. The van der Waals surface area contributed by atoms with Gasteiger partial charge in [-0.25, -0.2) is 0 Å². The maximum atomic E-state index is 11.9. The van der Waals surface area contributed by atoms with Crippen LogP contribution in [0.3, 0.4) is 0 Å². The van der Waals surface area contributed by atoms with E-state index in [0.29, 0.717) is 21.0 Å². The minimum atomic E-state index is -0.195. The summed E-state index contributed by atoms with van der Waals surface area (Å²) in [6, 6.07) is 3.81. The van der Waals surface area contributed by atoms with E-state index >= 15 is 0 Å². The van der Waals surface area contributed by atoms with Gasteiger partial charge in [-0.05, 0) is 18.4 Å². The standard InChI is InChI=1S/C13H12N6O2S4/c1-7-16-17-11(24-7)15-10(21)6-23-13-19-18-12(25-13)14-9(20)5-8-3-2-4-22-8/h2-4H,5-6H2,1H3,(H,14,18,20)(H,15,17,21). The SMILES string of the molecule is Cc1nnc(NC(=O)CSc2nnc(NC(=O)Cc3cccs3)s2)s1. The molecule has 3 rings (SSSR count). The molecule has 0 atom stereocenters. The van der Waals surface area contributed by atoms with E-state index in [2.05, 4.69) is 31.0 Å².